The summed E-state index contributed by atoms with van der Waals surface area (Å²) >= 11 is 0. The number of hydrogen-bond acceptors (Lipinski definition) is 1. The fourth-order valence-corrected chi connectivity index (χ4v) is 4.88. The molecule has 0 aromatic carbocycles. The Bertz CT molecular complexity index is 317. The maximum atomic E-state index is 5.41. The van der Waals surface area contributed by atoms with E-state index >= 15 is 0 Å². The van der Waals surface area contributed by atoms with Crippen LogP contribution in [-0.2, 0) is 4.74 Å². The summed E-state index contributed by atoms with van der Waals surface area (Å²) < 4.78 is 5.41. The first-order chi connectivity index (χ1) is 8.11. The van der Waals surface area contributed by atoms with Crippen molar-refractivity contribution in [3.63, 3.8) is 0 Å². The molecule has 0 N–H and O–H groups in total. The molecule has 96 valence electrons. The smallest absolute Gasteiger partial charge is 0.0812 e. The average molecular weight is 234 g/mol. The lowest BCUT2D eigenvalue weighted by molar-refractivity contribution is 0.0912. The largest absolute Gasteiger partial charge is 0.373 e. The highest BCUT2D eigenvalue weighted by Gasteiger charge is 2.50. The zero-order valence-electron chi connectivity index (χ0n) is 11.4. The highest BCUT2D eigenvalue weighted by molar-refractivity contribution is 5.15. The number of fused-ring (bicyclic) bond motifs is 1. The van der Waals surface area contributed by atoms with Gasteiger partial charge in [-0.05, 0) is 61.7 Å². The fraction of sp³-hybridized carbons (Fsp3) is 0.875. The minimum Gasteiger partial charge on any atom is -0.373 e. The van der Waals surface area contributed by atoms with Crippen LogP contribution in [0.15, 0.2) is 12.2 Å². The predicted molar refractivity (Wildman–Crippen MR) is 70.8 cm³/mol. The van der Waals surface area contributed by atoms with E-state index in [0.717, 1.165) is 24.4 Å². The third-order valence-electron chi connectivity index (χ3n) is 5.84. The van der Waals surface area contributed by atoms with E-state index in [2.05, 4.69) is 20.4 Å². The number of rotatable bonds is 3. The lowest BCUT2D eigenvalue weighted by Gasteiger charge is -2.44. The Labute approximate surface area is 106 Å². The first-order valence-corrected chi connectivity index (χ1v) is 7.40. The van der Waals surface area contributed by atoms with Gasteiger partial charge >= 0.3 is 0 Å². The minimum absolute atomic E-state index is 0.559. The van der Waals surface area contributed by atoms with Crippen LogP contribution in [-0.4, -0.2) is 12.7 Å². The lowest BCUT2D eigenvalue weighted by atomic mass is 9.61. The molecule has 0 aromatic rings. The number of hydrogen-bond donors (Lipinski definition) is 0. The number of ether oxygens (including phenoxy) is 1. The maximum absolute atomic E-state index is 5.41. The summed E-state index contributed by atoms with van der Waals surface area (Å²) in [6.07, 6.45) is 8.79. The summed E-state index contributed by atoms with van der Waals surface area (Å²) in [4.78, 5) is 0. The van der Waals surface area contributed by atoms with Gasteiger partial charge < -0.3 is 4.74 Å². The Kier molecular flexibility index (Phi) is 2.85. The molecule has 1 saturated heterocycles. The van der Waals surface area contributed by atoms with Gasteiger partial charge in [-0.2, -0.15) is 0 Å². The quantitative estimate of drug-likeness (QED) is 0.527. The van der Waals surface area contributed by atoms with E-state index in [1.54, 1.807) is 5.57 Å². The monoisotopic (exact) mass is 234 g/mol. The van der Waals surface area contributed by atoms with Crippen molar-refractivity contribution in [1.29, 1.82) is 0 Å². The van der Waals surface area contributed by atoms with Gasteiger partial charge in [0.05, 0.1) is 12.7 Å². The Balaban J connectivity index is 1.74. The molecule has 1 heterocycles. The van der Waals surface area contributed by atoms with Crippen molar-refractivity contribution < 1.29 is 4.74 Å². The third-order valence-corrected chi connectivity index (χ3v) is 5.84. The molecule has 0 spiro atoms. The van der Waals surface area contributed by atoms with Crippen LogP contribution in [0.3, 0.4) is 0 Å². The molecular weight excluding hydrogens is 208 g/mol. The normalized spacial score (nSPS) is 46.7. The second-order valence-corrected chi connectivity index (χ2v) is 6.92. The van der Waals surface area contributed by atoms with Crippen molar-refractivity contribution in [3.8, 4) is 0 Å². The van der Waals surface area contributed by atoms with Crippen molar-refractivity contribution in [2.45, 2.75) is 58.5 Å². The van der Waals surface area contributed by atoms with E-state index in [4.69, 9.17) is 4.74 Å². The Morgan fingerprint density at radius 2 is 2.24 bits per heavy atom. The molecule has 5 atom stereocenters. The molecule has 2 aliphatic carbocycles. The molecule has 3 unspecified atom stereocenters. The molecule has 1 heteroatoms. The van der Waals surface area contributed by atoms with Crippen LogP contribution < -0.4 is 0 Å². The van der Waals surface area contributed by atoms with Crippen LogP contribution in [0.25, 0.3) is 0 Å². The zero-order chi connectivity index (χ0) is 12.0. The summed E-state index contributed by atoms with van der Waals surface area (Å²) in [5.41, 5.74) is 2.11. The van der Waals surface area contributed by atoms with E-state index in [1.165, 1.54) is 38.5 Å². The molecule has 0 amide bonds. The van der Waals surface area contributed by atoms with Crippen LogP contribution >= 0.6 is 0 Å². The summed E-state index contributed by atoms with van der Waals surface area (Å²) in [6.45, 7) is 10.4. The van der Waals surface area contributed by atoms with Crippen LogP contribution in [0, 0.1) is 23.2 Å². The first-order valence-electron chi connectivity index (χ1n) is 7.40. The second-order valence-electron chi connectivity index (χ2n) is 6.92. The summed E-state index contributed by atoms with van der Waals surface area (Å²) in [5, 5.41) is 0. The standard InChI is InChI=1S/C16H26O/c1-11-5-4-8-16(3)14(11)6-7-15(16)12(2)9-13-10-17-13/h12-15H,1,4-10H2,2-3H3/t12?,13?,14?,15-,16+/m1/s1. The van der Waals surface area contributed by atoms with Crippen LogP contribution in [0.1, 0.15) is 52.4 Å². The highest BCUT2D eigenvalue weighted by Crippen LogP contribution is 2.59. The van der Waals surface area contributed by atoms with Gasteiger partial charge in [0.15, 0.2) is 0 Å². The van der Waals surface area contributed by atoms with Gasteiger partial charge in [0.2, 0.25) is 0 Å². The fourth-order valence-electron chi connectivity index (χ4n) is 4.88. The van der Waals surface area contributed by atoms with E-state index in [0.29, 0.717) is 11.5 Å². The van der Waals surface area contributed by atoms with Crippen molar-refractivity contribution in [1.82, 2.24) is 0 Å². The van der Waals surface area contributed by atoms with E-state index in [1.807, 2.05) is 0 Å². The molecule has 3 aliphatic rings. The molecule has 0 aromatic heterocycles. The van der Waals surface area contributed by atoms with Gasteiger partial charge in [0.25, 0.3) is 0 Å². The van der Waals surface area contributed by atoms with Gasteiger partial charge in [0.1, 0.15) is 0 Å². The Morgan fingerprint density at radius 3 is 2.94 bits per heavy atom. The molecule has 1 aliphatic heterocycles. The van der Waals surface area contributed by atoms with Gasteiger partial charge in [-0.1, -0.05) is 26.0 Å². The van der Waals surface area contributed by atoms with Crippen LogP contribution in [0.2, 0.25) is 0 Å². The summed E-state index contributed by atoms with van der Waals surface area (Å²) in [5.74, 6) is 2.57. The maximum Gasteiger partial charge on any atom is 0.0812 e. The molecule has 1 nitrogen and oxygen atoms in total. The molecule has 17 heavy (non-hydrogen) atoms. The van der Waals surface area contributed by atoms with Gasteiger partial charge in [0, 0.05) is 0 Å². The summed E-state index contributed by atoms with van der Waals surface area (Å²) in [7, 11) is 0. The molecule has 0 bridgehead atoms. The van der Waals surface area contributed by atoms with Crippen molar-refractivity contribution in [2.24, 2.45) is 23.2 Å². The average Bonchev–Trinajstić information content (AvgIpc) is 2.99. The predicted octanol–water partition coefficient (Wildman–Crippen LogP) is 4.18. The van der Waals surface area contributed by atoms with Crippen molar-refractivity contribution in [2.75, 3.05) is 6.61 Å². The minimum atomic E-state index is 0.559. The van der Waals surface area contributed by atoms with E-state index in [9.17, 15) is 0 Å². The van der Waals surface area contributed by atoms with E-state index < -0.39 is 0 Å². The number of allylic oxidation sites excluding steroid dienone is 1. The topological polar surface area (TPSA) is 12.5 Å². The van der Waals surface area contributed by atoms with Crippen LogP contribution in [0.4, 0.5) is 0 Å². The second kappa shape index (κ2) is 4.12. The SMILES string of the molecule is C=C1CCC[C@@]2(C)C1CC[C@@H]2C(C)CC1CO1. The molecule has 2 saturated carbocycles. The third kappa shape index (κ3) is 1.97. The summed E-state index contributed by atoms with van der Waals surface area (Å²) in [6, 6.07) is 0. The molecule has 3 fully saturated rings. The van der Waals surface area contributed by atoms with Crippen molar-refractivity contribution in [3.05, 3.63) is 12.2 Å². The molecular formula is C16H26O. The lowest BCUT2D eigenvalue weighted by Crippen LogP contribution is -2.36. The zero-order valence-corrected chi connectivity index (χ0v) is 11.4. The first kappa shape index (κ1) is 11.8. The number of epoxide rings is 1. The highest BCUT2D eigenvalue weighted by atomic mass is 16.6. The Morgan fingerprint density at radius 1 is 1.47 bits per heavy atom. The van der Waals surface area contributed by atoms with Gasteiger partial charge in [-0.3, -0.25) is 0 Å². The van der Waals surface area contributed by atoms with Crippen molar-refractivity contribution >= 4 is 0 Å². The molecule has 0 radical (unpaired) electrons. The van der Waals surface area contributed by atoms with Gasteiger partial charge in [-0.25, -0.2) is 0 Å². The Hall–Kier alpha value is -0.300. The van der Waals surface area contributed by atoms with Crippen LogP contribution in [0.5, 0.6) is 0 Å². The van der Waals surface area contributed by atoms with Gasteiger partial charge in [-0.15, -0.1) is 0 Å². The molecule has 3 rings (SSSR count). The van der Waals surface area contributed by atoms with E-state index in [-0.39, 0.29) is 0 Å².